The zero-order valence-electron chi connectivity index (χ0n) is 11.6. The quantitative estimate of drug-likeness (QED) is 0.850. The summed E-state index contributed by atoms with van der Waals surface area (Å²) in [5, 5.41) is 4.45. The zero-order chi connectivity index (χ0) is 14.4. The molecule has 1 heterocycles. The van der Waals surface area contributed by atoms with Gasteiger partial charge < -0.3 is 22.5 Å². The third-order valence-corrected chi connectivity index (χ3v) is 3.22. The Hall–Kier alpha value is -1.00. The Morgan fingerprint density at radius 2 is 2.00 bits per heavy atom. The van der Waals surface area contributed by atoms with Crippen LogP contribution in [-0.2, 0) is 13.1 Å². The summed E-state index contributed by atoms with van der Waals surface area (Å²) in [6, 6.07) is 9.39. The first-order valence-corrected chi connectivity index (χ1v) is 7.17. The van der Waals surface area contributed by atoms with E-state index in [1.165, 1.54) is 0 Å². The van der Waals surface area contributed by atoms with Crippen molar-refractivity contribution in [2.45, 2.75) is 20.0 Å². The maximum Gasteiger partial charge on any atom is 0.142 e. The van der Waals surface area contributed by atoms with Crippen LogP contribution in [0.3, 0.4) is 0 Å². The second-order valence-corrected chi connectivity index (χ2v) is 5.08. The van der Waals surface area contributed by atoms with Gasteiger partial charge in [0.2, 0.25) is 0 Å². The number of pyridine rings is 1. The molecule has 6 heteroatoms. The highest BCUT2D eigenvalue weighted by Gasteiger charge is 2.10. The summed E-state index contributed by atoms with van der Waals surface area (Å²) in [7, 11) is 0. The number of nitrogens with one attached hydrogen (secondary N) is 1. The SMILES string of the molecule is CCOc1c(Cl)cc(Cl)cc1CNCc1ccccn1.[Cl-]. The molecule has 21 heavy (non-hydrogen) atoms. The highest BCUT2D eigenvalue weighted by atomic mass is 35.5. The molecule has 0 radical (unpaired) electrons. The topological polar surface area (TPSA) is 34.1 Å². The minimum Gasteiger partial charge on any atom is -1.00 e. The van der Waals surface area contributed by atoms with E-state index in [1.54, 1.807) is 12.3 Å². The van der Waals surface area contributed by atoms with Gasteiger partial charge in [0.05, 0.1) is 17.3 Å². The molecule has 0 atom stereocenters. The summed E-state index contributed by atoms with van der Waals surface area (Å²) in [5.41, 5.74) is 1.93. The molecule has 0 amide bonds. The van der Waals surface area contributed by atoms with Crippen molar-refractivity contribution in [2.75, 3.05) is 6.61 Å². The number of rotatable bonds is 6. The Kier molecular flexibility index (Phi) is 7.83. The van der Waals surface area contributed by atoms with E-state index in [1.807, 2.05) is 31.2 Å². The molecule has 2 rings (SSSR count). The van der Waals surface area contributed by atoms with Gasteiger partial charge in [0.15, 0.2) is 0 Å². The van der Waals surface area contributed by atoms with Crippen LogP contribution in [0, 0.1) is 0 Å². The van der Waals surface area contributed by atoms with Gasteiger partial charge in [-0.2, -0.15) is 0 Å². The summed E-state index contributed by atoms with van der Waals surface area (Å²) in [4.78, 5) is 4.26. The lowest BCUT2D eigenvalue weighted by Gasteiger charge is -2.13. The third-order valence-electron chi connectivity index (χ3n) is 2.72. The predicted octanol–water partition coefficient (Wildman–Crippen LogP) is 1.08. The number of ether oxygens (including phenoxy) is 1. The van der Waals surface area contributed by atoms with Crippen molar-refractivity contribution < 1.29 is 17.1 Å². The largest absolute Gasteiger partial charge is 1.00 e. The first kappa shape index (κ1) is 18.1. The average Bonchev–Trinajstić information content (AvgIpc) is 2.43. The normalized spacial score (nSPS) is 10.0. The van der Waals surface area contributed by atoms with Crippen molar-refractivity contribution in [1.29, 1.82) is 0 Å². The van der Waals surface area contributed by atoms with Crippen molar-refractivity contribution in [2.24, 2.45) is 0 Å². The van der Waals surface area contributed by atoms with E-state index in [0.29, 0.717) is 35.5 Å². The van der Waals surface area contributed by atoms with Crippen LogP contribution in [0.4, 0.5) is 0 Å². The van der Waals surface area contributed by atoms with Crippen LogP contribution in [0.15, 0.2) is 36.5 Å². The molecule has 1 aromatic carbocycles. The van der Waals surface area contributed by atoms with E-state index in [0.717, 1.165) is 11.3 Å². The molecule has 0 saturated carbocycles. The van der Waals surface area contributed by atoms with E-state index < -0.39 is 0 Å². The van der Waals surface area contributed by atoms with Gasteiger partial charge in [-0.05, 0) is 31.2 Å². The van der Waals surface area contributed by atoms with E-state index in [9.17, 15) is 0 Å². The van der Waals surface area contributed by atoms with Gasteiger partial charge in [-0.1, -0.05) is 29.3 Å². The van der Waals surface area contributed by atoms with Crippen LogP contribution in [0.5, 0.6) is 5.75 Å². The van der Waals surface area contributed by atoms with Crippen molar-refractivity contribution in [3.05, 3.63) is 57.8 Å². The number of hydrogen-bond acceptors (Lipinski definition) is 3. The lowest BCUT2D eigenvalue weighted by molar-refractivity contribution is -0.00000451. The lowest BCUT2D eigenvalue weighted by Crippen LogP contribution is -3.00. The summed E-state index contributed by atoms with van der Waals surface area (Å²) in [5.74, 6) is 0.687. The number of hydrogen-bond donors (Lipinski definition) is 1. The van der Waals surface area contributed by atoms with Crippen LogP contribution >= 0.6 is 23.2 Å². The highest BCUT2D eigenvalue weighted by Crippen LogP contribution is 2.32. The Morgan fingerprint density at radius 3 is 2.67 bits per heavy atom. The molecule has 0 fully saturated rings. The minimum atomic E-state index is 0. The second kappa shape index (κ2) is 9.11. The molecule has 1 aromatic heterocycles. The summed E-state index contributed by atoms with van der Waals surface area (Å²) >= 11 is 12.2. The fourth-order valence-electron chi connectivity index (χ4n) is 1.88. The van der Waals surface area contributed by atoms with Crippen molar-refractivity contribution in [1.82, 2.24) is 10.3 Å². The Balaban J connectivity index is 0.00000220. The summed E-state index contributed by atoms with van der Waals surface area (Å²) in [6.45, 7) is 3.79. The first-order valence-electron chi connectivity index (χ1n) is 6.42. The van der Waals surface area contributed by atoms with Gasteiger partial charge in [0.25, 0.3) is 0 Å². The molecule has 1 N–H and O–H groups in total. The second-order valence-electron chi connectivity index (χ2n) is 4.23. The maximum atomic E-state index is 6.16. The van der Waals surface area contributed by atoms with Crippen LogP contribution in [0.25, 0.3) is 0 Å². The van der Waals surface area contributed by atoms with Crippen molar-refractivity contribution >= 4 is 23.2 Å². The molecule has 0 aliphatic rings. The number of halogens is 3. The smallest absolute Gasteiger partial charge is 0.142 e. The zero-order valence-corrected chi connectivity index (χ0v) is 13.8. The fraction of sp³-hybridized carbons (Fsp3) is 0.267. The van der Waals surface area contributed by atoms with Gasteiger partial charge in [-0.25, -0.2) is 0 Å². The molecule has 0 spiro atoms. The number of benzene rings is 1. The van der Waals surface area contributed by atoms with Crippen molar-refractivity contribution in [3.8, 4) is 5.75 Å². The predicted molar refractivity (Wildman–Crippen MR) is 82.4 cm³/mol. The van der Waals surface area contributed by atoms with Crippen LogP contribution in [0.2, 0.25) is 10.0 Å². The molecule has 0 aliphatic carbocycles. The molecule has 0 unspecified atom stereocenters. The van der Waals surface area contributed by atoms with Gasteiger partial charge >= 0.3 is 0 Å². The maximum absolute atomic E-state index is 6.16. The minimum absolute atomic E-state index is 0. The Labute approximate surface area is 141 Å². The van der Waals surface area contributed by atoms with Gasteiger partial charge in [0.1, 0.15) is 5.75 Å². The van der Waals surface area contributed by atoms with Crippen molar-refractivity contribution in [3.63, 3.8) is 0 Å². The van der Waals surface area contributed by atoms with Crippen LogP contribution in [0.1, 0.15) is 18.2 Å². The first-order chi connectivity index (χ1) is 9.70. The molecule has 2 aromatic rings. The van der Waals surface area contributed by atoms with E-state index in [2.05, 4.69) is 10.3 Å². The molecule has 0 bridgehead atoms. The molecule has 3 nitrogen and oxygen atoms in total. The third kappa shape index (κ3) is 5.36. The Bertz CT molecular complexity index is 564. The van der Waals surface area contributed by atoms with E-state index in [-0.39, 0.29) is 12.4 Å². The molecule has 0 aliphatic heterocycles. The molecular formula is C15H16Cl3N2O-. The van der Waals surface area contributed by atoms with Gasteiger partial charge in [-0.3, -0.25) is 4.98 Å². The Morgan fingerprint density at radius 1 is 1.19 bits per heavy atom. The van der Waals surface area contributed by atoms with Gasteiger partial charge in [-0.15, -0.1) is 0 Å². The van der Waals surface area contributed by atoms with E-state index >= 15 is 0 Å². The molecule has 114 valence electrons. The summed E-state index contributed by atoms with van der Waals surface area (Å²) < 4.78 is 5.58. The fourth-order valence-corrected chi connectivity index (χ4v) is 2.47. The van der Waals surface area contributed by atoms with Gasteiger partial charge in [0, 0.05) is 29.9 Å². The van der Waals surface area contributed by atoms with E-state index in [4.69, 9.17) is 27.9 Å². The molecular weight excluding hydrogens is 331 g/mol. The number of nitrogens with zero attached hydrogens (tertiary/aromatic N) is 1. The summed E-state index contributed by atoms with van der Waals surface area (Å²) in [6.07, 6.45) is 1.78. The number of aromatic nitrogens is 1. The standard InChI is InChI=1S/C15H16Cl2N2O.ClH/c1-2-20-15-11(7-12(16)8-14(15)17)9-18-10-13-5-3-4-6-19-13;/h3-8,18H,2,9-10H2,1H3;1H/p-1. The van der Waals surface area contributed by atoms with Crippen LogP contribution < -0.4 is 22.5 Å². The van der Waals surface area contributed by atoms with Crippen LogP contribution in [-0.4, -0.2) is 11.6 Å². The highest BCUT2D eigenvalue weighted by molar-refractivity contribution is 6.35. The average molecular weight is 347 g/mol. The monoisotopic (exact) mass is 345 g/mol. The molecule has 0 saturated heterocycles. The lowest BCUT2D eigenvalue weighted by atomic mass is 10.2.